The number of ether oxygens (including phenoxy) is 7. The Labute approximate surface area is 460 Å². The Morgan fingerprint density at radius 1 is 0.667 bits per heavy atom. The van der Waals surface area contributed by atoms with Gasteiger partial charge < -0.3 is 79.1 Å². The van der Waals surface area contributed by atoms with Crippen LogP contribution in [-0.4, -0.2) is 170 Å². The van der Waals surface area contributed by atoms with E-state index in [0.717, 1.165) is 6.92 Å². The second kappa shape index (κ2) is 31.7. The Morgan fingerprint density at radius 3 is 1.76 bits per heavy atom. The number of hydrogen-bond donors (Lipinski definition) is 9. The van der Waals surface area contributed by atoms with E-state index >= 15 is 0 Å². The van der Waals surface area contributed by atoms with E-state index in [1.54, 1.807) is 41.5 Å². The molecular formula is C53H95N2O22P. The number of carbonyl (C=O) groups is 6. The number of rotatable bonds is 31. The van der Waals surface area contributed by atoms with Crippen molar-refractivity contribution in [1.29, 1.82) is 0 Å². The quantitative estimate of drug-likeness (QED) is 0.0272. The number of amides is 2. The SMILES string of the molecule is CCC(=O)O[C@@H](CC(=O)NC1C(OCC2OC(O)C(NC(=O)C[C@H](O)C(C)CC)C(OC(=O)C[C@H](O)C(C)CC(C)C)C2O)OC(CO)C(OP(=O)(O)O)C1OC(=O)C[C@H](OC(C)=O)C(C)CC(C)(C)C)C(C)(C)CC(C)C. The lowest BCUT2D eigenvalue weighted by Gasteiger charge is -2.46. The predicted octanol–water partition coefficient (Wildman–Crippen LogP) is 3.48. The molecule has 2 heterocycles. The van der Waals surface area contributed by atoms with E-state index in [9.17, 15) is 68.7 Å². The summed E-state index contributed by atoms with van der Waals surface area (Å²) < 4.78 is 58.8. The van der Waals surface area contributed by atoms with Gasteiger partial charge in [-0.15, -0.1) is 0 Å². The summed E-state index contributed by atoms with van der Waals surface area (Å²) in [5.41, 5.74) is -1.13. The van der Waals surface area contributed by atoms with Gasteiger partial charge in [-0.05, 0) is 54.3 Å². The lowest BCUT2D eigenvalue weighted by molar-refractivity contribution is -0.299. The fourth-order valence-electron chi connectivity index (χ4n) is 10.1. The summed E-state index contributed by atoms with van der Waals surface area (Å²) in [7, 11) is -5.58. The Balaban J connectivity index is 2.79. The maximum absolute atomic E-state index is 14.5. The van der Waals surface area contributed by atoms with E-state index < -0.39 is 179 Å². The van der Waals surface area contributed by atoms with Crippen LogP contribution in [0.2, 0.25) is 0 Å². The van der Waals surface area contributed by atoms with E-state index in [0.29, 0.717) is 25.7 Å². The molecule has 0 spiro atoms. The fourth-order valence-corrected chi connectivity index (χ4v) is 10.6. The van der Waals surface area contributed by atoms with Crippen LogP contribution in [0.5, 0.6) is 0 Å². The maximum atomic E-state index is 14.5. The molecule has 2 aliphatic heterocycles. The van der Waals surface area contributed by atoms with Crippen LogP contribution in [0.15, 0.2) is 0 Å². The molecule has 454 valence electrons. The third-order valence-electron chi connectivity index (χ3n) is 14.0. The highest BCUT2D eigenvalue weighted by molar-refractivity contribution is 7.46. The predicted molar refractivity (Wildman–Crippen MR) is 280 cm³/mol. The van der Waals surface area contributed by atoms with Gasteiger partial charge in [-0.25, -0.2) is 4.57 Å². The van der Waals surface area contributed by atoms with E-state index in [2.05, 4.69) is 10.6 Å². The third-order valence-corrected chi connectivity index (χ3v) is 14.5. The number of phosphoric acid groups is 1. The van der Waals surface area contributed by atoms with Crippen LogP contribution in [0.1, 0.15) is 162 Å². The standard InChI is InChI=1S/C53H95N2O22P/c1-16-29(7)33(58)19-39(60)54-44-48(75-42(63)20-34(59)30(8)18-27(3)4)46(65)37(72-50(44)66)26-70-51-45(55-40(61)22-38(74-41(62)17-2)53(14,15)23-28(5)6)49(47(36(25-56)73-51)77-78(67,68)69)76-43(64)21-35(71-32(10)57)31(9)24-52(11,12)13/h27-31,33-38,44-51,56,58-59,65-66H,16-26H2,1-15H3,(H,54,60)(H,55,61)(H2,67,68,69)/t29?,30?,31?,33-,34-,35-,36?,37?,38-,44?,45?,46?,47?,48?,49?,50?,51?/m0/s1. The summed E-state index contributed by atoms with van der Waals surface area (Å²) in [4.78, 5) is 101. The second-order valence-electron chi connectivity index (χ2n) is 24.0. The Hall–Kier alpha value is -3.39. The molecule has 78 heavy (non-hydrogen) atoms. The number of esters is 4. The number of aliphatic hydroxyl groups is 5. The average molecular weight is 1140 g/mol. The van der Waals surface area contributed by atoms with Gasteiger partial charge in [0.2, 0.25) is 11.8 Å². The first-order valence-corrected chi connectivity index (χ1v) is 28.8. The minimum Gasteiger partial charge on any atom is -0.462 e. The molecule has 2 fully saturated rings. The molecule has 0 aromatic rings. The zero-order chi connectivity index (χ0) is 59.8. The first-order chi connectivity index (χ1) is 35.9. The van der Waals surface area contributed by atoms with Crippen molar-refractivity contribution in [3.05, 3.63) is 0 Å². The molecular weight excluding hydrogens is 1050 g/mol. The first-order valence-electron chi connectivity index (χ1n) is 27.3. The lowest BCUT2D eigenvalue weighted by atomic mass is 9.77. The Kier molecular flexibility index (Phi) is 28.8. The number of phosphoric ester groups is 1. The lowest BCUT2D eigenvalue weighted by Crippen LogP contribution is -2.68. The van der Waals surface area contributed by atoms with Gasteiger partial charge in [0.05, 0.1) is 51.1 Å². The molecule has 24 nitrogen and oxygen atoms in total. The van der Waals surface area contributed by atoms with Crippen molar-refractivity contribution in [3.8, 4) is 0 Å². The maximum Gasteiger partial charge on any atom is 0.470 e. The largest absolute Gasteiger partial charge is 0.470 e. The van der Waals surface area contributed by atoms with Gasteiger partial charge >= 0.3 is 31.7 Å². The van der Waals surface area contributed by atoms with E-state index in [1.807, 2.05) is 55.4 Å². The van der Waals surface area contributed by atoms with Gasteiger partial charge in [0.1, 0.15) is 48.7 Å². The fraction of sp³-hybridized carbons (Fsp3) is 0.887. The number of nitrogens with one attached hydrogen (secondary N) is 2. The van der Waals surface area contributed by atoms with Crippen molar-refractivity contribution < 1.29 is 106 Å². The van der Waals surface area contributed by atoms with Crippen molar-refractivity contribution in [1.82, 2.24) is 10.6 Å². The normalized spacial score (nSPS) is 26.9. The molecule has 13 unspecified atom stereocenters. The van der Waals surface area contributed by atoms with Gasteiger partial charge in [-0.1, -0.05) is 103 Å². The van der Waals surface area contributed by atoms with Crippen LogP contribution in [0.4, 0.5) is 0 Å². The van der Waals surface area contributed by atoms with Crippen molar-refractivity contribution >= 4 is 43.5 Å². The van der Waals surface area contributed by atoms with Gasteiger partial charge in [0.15, 0.2) is 24.8 Å². The van der Waals surface area contributed by atoms with Gasteiger partial charge in [-0.2, -0.15) is 0 Å². The van der Waals surface area contributed by atoms with Crippen LogP contribution in [0, 0.1) is 40.4 Å². The zero-order valence-corrected chi connectivity index (χ0v) is 49.3. The highest BCUT2D eigenvalue weighted by Gasteiger charge is 2.54. The molecule has 0 aromatic carbocycles. The summed E-state index contributed by atoms with van der Waals surface area (Å²) in [6.45, 7) is 24.9. The van der Waals surface area contributed by atoms with Crippen molar-refractivity contribution in [2.75, 3.05) is 13.2 Å². The van der Waals surface area contributed by atoms with E-state index in [1.165, 1.54) is 0 Å². The van der Waals surface area contributed by atoms with Crippen LogP contribution >= 0.6 is 7.82 Å². The summed E-state index contributed by atoms with van der Waals surface area (Å²) in [6, 6.07) is -3.52. The van der Waals surface area contributed by atoms with Crippen molar-refractivity contribution in [2.24, 2.45) is 40.4 Å². The summed E-state index contributed by atoms with van der Waals surface area (Å²) in [5.74, 6) is -6.07. The molecule has 2 saturated heterocycles. The van der Waals surface area contributed by atoms with Crippen LogP contribution in [0.25, 0.3) is 0 Å². The molecule has 0 aromatic heterocycles. The molecule has 17 atom stereocenters. The van der Waals surface area contributed by atoms with Crippen LogP contribution in [0.3, 0.4) is 0 Å². The molecule has 0 saturated carbocycles. The van der Waals surface area contributed by atoms with Crippen molar-refractivity contribution in [2.45, 2.75) is 247 Å². The zero-order valence-electron chi connectivity index (χ0n) is 48.4. The molecule has 0 bridgehead atoms. The van der Waals surface area contributed by atoms with Crippen LogP contribution in [-0.2, 0) is 71.0 Å². The number of aliphatic hydroxyl groups excluding tert-OH is 5. The van der Waals surface area contributed by atoms with E-state index in [4.69, 9.17) is 37.7 Å². The Bertz CT molecular complexity index is 1960. The molecule has 25 heteroatoms. The molecule has 0 radical (unpaired) electrons. The average Bonchev–Trinajstić information content (AvgIpc) is 3.29. The van der Waals surface area contributed by atoms with Crippen molar-refractivity contribution in [3.63, 3.8) is 0 Å². The van der Waals surface area contributed by atoms with Gasteiger partial charge in [0, 0.05) is 18.8 Å². The smallest absolute Gasteiger partial charge is 0.462 e. The Morgan fingerprint density at radius 2 is 1.23 bits per heavy atom. The summed E-state index contributed by atoms with van der Waals surface area (Å²) in [5, 5.41) is 60.8. The second-order valence-corrected chi connectivity index (χ2v) is 25.2. The third kappa shape index (κ3) is 24.0. The summed E-state index contributed by atoms with van der Waals surface area (Å²) in [6.07, 6.45) is -20.0. The minimum atomic E-state index is -5.58. The first kappa shape index (κ1) is 70.7. The topological polar surface area (TPSA) is 359 Å². The van der Waals surface area contributed by atoms with E-state index in [-0.39, 0.29) is 35.5 Å². The molecule has 2 amide bonds. The number of hydrogen-bond acceptors (Lipinski definition) is 20. The highest BCUT2D eigenvalue weighted by Crippen LogP contribution is 2.43. The molecule has 2 rings (SSSR count). The highest BCUT2D eigenvalue weighted by atomic mass is 31.2. The summed E-state index contributed by atoms with van der Waals surface area (Å²) >= 11 is 0. The molecule has 0 aliphatic carbocycles. The molecule has 9 N–H and O–H groups in total. The molecule has 2 aliphatic rings. The van der Waals surface area contributed by atoms with Gasteiger partial charge in [0.25, 0.3) is 0 Å². The van der Waals surface area contributed by atoms with Crippen LogP contribution < -0.4 is 10.6 Å². The van der Waals surface area contributed by atoms with Gasteiger partial charge in [-0.3, -0.25) is 33.3 Å². The minimum absolute atomic E-state index is 0.0370. The monoisotopic (exact) mass is 1140 g/mol. The number of carbonyl (C=O) groups excluding carboxylic acids is 6.